The van der Waals surface area contributed by atoms with Crippen molar-refractivity contribution >= 4 is 28.6 Å². The van der Waals surface area contributed by atoms with Gasteiger partial charge in [0.05, 0.1) is 12.7 Å². The van der Waals surface area contributed by atoms with Gasteiger partial charge >= 0.3 is 5.97 Å². The molecule has 1 heterocycles. The Morgan fingerprint density at radius 3 is 2.67 bits per heavy atom. The van der Waals surface area contributed by atoms with Crippen LogP contribution in [0.15, 0.2) is 21.5 Å². The first-order valence-electron chi connectivity index (χ1n) is 4.79. The Kier molecular flexibility index (Phi) is 4.19. The van der Waals surface area contributed by atoms with Crippen molar-refractivity contribution < 1.29 is 14.3 Å². The Morgan fingerprint density at radius 1 is 1.67 bits per heavy atom. The number of carbonyl (C=O) groups excluding carboxylic acids is 1. The monoisotopic (exact) mass is 322 g/mol. The van der Waals surface area contributed by atoms with Crippen LogP contribution in [0, 0.1) is 5.92 Å². The van der Waals surface area contributed by atoms with E-state index >= 15 is 0 Å². The number of rotatable bonds is 3. The molecule has 0 fully saturated rings. The number of hydrogen-bond acceptors (Lipinski definition) is 3. The van der Waals surface area contributed by atoms with E-state index in [-0.39, 0.29) is 18.0 Å². The van der Waals surface area contributed by atoms with Crippen LogP contribution in [0.1, 0.15) is 20.3 Å². The molecule has 0 saturated carbocycles. The summed E-state index contributed by atoms with van der Waals surface area (Å²) in [7, 11) is 1.39. The van der Waals surface area contributed by atoms with Crippen LogP contribution in [-0.4, -0.2) is 19.2 Å². The predicted molar refractivity (Wildman–Crippen MR) is 66.5 cm³/mol. The van der Waals surface area contributed by atoms with Gasteiger partial charge < -0.3 is 9.47 Å². The molecule has 1 aliphatic rings. The van der Waals surface area contributed by atoms with E-state index in [4.69, 9.17) is 9.47 Å². The average molecular weight is 322 g/mol. The predicted octanol–water partition coefficient (Wildman–Crippen LogP) is 2.81. The maximum Gasteiger partial charge on any atom is 0.337 e. The van der Waals surface area contributed by atoms with Crippen molar-refractivity contribution in [1.29, 1.82) is 0 Å². The maximum absolute atomic E-state index is 11.5. The fraction of sp³-hybridized carbons (Fsp3) is 0.545. The number of methoxy groups -OCH3 is 1. The third kappa shape index (κ3) is 2.74. The molecule has 0 aromatic heterocycles. The molecule has 0 aromatic carbocycles. The molecule has 1 aliphatic heterocycles. The maximum atomic E-state index is 11.5. The van der Waals surface area contributed by atoms with Crippen LogP contribution in [0.5, 0.6) is 0 Å². The summed E-state index contributed by atoms with van der Waals surface area (Å²) in [5.74, 6) is 0.642. The SMILES string of the molecule is C=C(I)C1CC(C(=O)OC)=C(C(C)C)O1. The first-order chi connectivity index (χ1) is 6.97. The lowest BCUT2D eigenvalue weighted by Crippen LogP contribution is -2.08. The van der Waals surface area contributed by atoms with Gasteiger partial charge in [0.15, 0.2) is 0 Å². The summed E-state index contributed by atoms with van der Waals surface area (Å²) in [6, 6.07) is 0. The smallest absolute Gasteiger partial charge is 0.337 e. The van der Waals surface area contributed by atoms with E-state index in [9.17, 15) is 4.79 Å². The first kappa shape index (κ1) is 12.5. The lowest BCUT2D eigenvalue weighted by Gasteiger charge is -2.13. The Labute approximate surface area is 104 Å². The molecule has 0 spiro atoms. The van der Waals surface area contributed by atoms with E-state index in [1.807, 2.05) is 13.8 Å². The van der Waals surface area contributed by atoms with Gasteiger partial charge in [-0.25, -0.2) is 4.79 Å². The molecule has 1 rings (SSSR count). The second-order valence-corrected chi connectivity index (χ2v) is 5.13. The molecular formula is C11H15IO3. The second kappa shape index (κ2) is 5.01. The fourth-order valence-electron chi connectivity index (χ4n) is 1.52. The van der Waals surface area contributed by atoms with Gasteiger partial charge in [-0.1, -0.05) is 20.4 Å². The molecule has 1 atom stereocenters. The van der Waals surface area contributed by atoms with Crippen LogP contribution in [0.25, 0.3) is 0 Å². The zero-order valence-corrected chi connectivity index (χ0v) is 11.3. The van der Waals surface area contributed by atoms with Crippen molar-refractivity contribution in [3.63, 3.8) is 0 Å². The number of carbonyl (C=O) groups is 1. The molecule has 1 unspecified atom stereocenters. The van der Waals surface area contributed by atoms with Crippen LogP contribution in [-0.2, 0) is 14.3 Å². The normalized spacial score (nSPS) is 20.5. The van der Waals surface area contributed by atoms with Crippen molar-refractivity contribution in [2.24, 2.45) is 5.92 Å². The van der Waals surface area contributed by atoms with Gasteiger partial charge in [-0.05, 0) is 22.6 Å². The van der Waals surface area contributed by atoms with Crippen molar-refractivity contribution in [2.75, 3.05) is 7.11 Å². The minimum absolute atomic E-state index is 0.0860. The highest BCUT2D eigenvalue weighted by atomic mass is 127. The highest BCUT2D eigenvalue weighted by Crippen LogP contribution is 2.35. The van der Waals surface area contributed by atoms with E-state index < -0.39 is 0 Å². The fourth-order valence-corrected chi connectivity index (χ4v) is 1.87. The molecule has 0 saturated heterocycles. The summed E-state index contributed by atoms with van der Waals surface area (Å²) < 4.78 is 11.3. The van der Waals surface area contributed by atoms with Gasteiger partial charge in [-0.3, -0.25) is 0 Å². The summed E-state index contributed by atoms with van der Waals surface area (Å²) in [4.78, 5) is 11.5. The van der Waals surface area contributed by atoms with Crippen molar-refractivity contribution in [2.45, 2.75) is 26.4 Å². The van der Waals surface area contributed by atoms with Gasteiger partial charge in [0.2, 0.25) is 0 Å². The lowest BCUT2D eigenvalue weighted by atomic mass is 10.0. The Bertz CT molecular complexity index is 318. The summed E-state index contributed by atoms with van der Waals surface area (Å²) in [6.45, 7) is 7.83. The van der Waals surface area contributed by atoms with E-state index in [1.54, 1.807) is 0 Å². The van der Waals surface area contributed by atoms with Crippen LogP contribution in [0.2, 0.25) is 0 Å². The van der Waals surface area contributed by atoms with Gasteiger partial charge in [0.25, 0.3) is 0 Å². The Hall–Kier alpha value is -0.520. The number of halogens is 1. The lowest BCUT2D eigenvalue weighted by molar-refractivity contribution is -0.136. The third-order valence-corrected chi connectivity index (χ3v) is 2.96. The van der Waals surface area contributed by atoms with Crippen LogP contribution >= 0.6 is 22.6 Å². The molecule has 0 amide bonds. The molecule has 0 aliphatic carbocycles. The Balaban J connectivity index is 2.91. The average Bonchev–Trinajstić information content (AvgIpc) is 2.61. The molecule has 84 valence electrons. The van der Waals surface area contributed by atoms with E-state index in [0.717, 1.165) is 9.34 Å². The van der Waals surface area contributed by atoms with Crippen LogP contribution in [0.3, 0.4) is 0 Å². The Morgan fingerprint density at radius 2 is 2.27 bits per heavy atom. The summed E-state index contributed by atoms with van der Waals surface area (Å²) in [6.07, 6.45) is 0.485. The van der Waals surface area contributed by atoms with Crippen molar-refractivity contribution in [3.05, 3.63) is 21.5 Å². The van der Waals surface area contributed by atoms with Gasteiger partial charge in [0, 0.05) is 15.9 Å². The number of hydrogen-bond donors (Lipinski definition) is 0. The molecule has 0 aromatic rings. The van der Waals surface area contributed by atoms with Gasteiger partial charge in [-0.15, -0.1) is 0 Å². The molecule has 3 nitrogen and oxygen atoms in total. The molecule has 0 N–H and O–H groups in total. The summed E-state index contributed by atoms with van der Waals surface area (Å²) >= 11 is 2.13. The summed E-state index contributed by atoms with van der Waals surface area (Å²) in [5, 5.41) is 0. The first-order valence-corrected chi connectivity index (χ1v) is 5.87. The standard InChI is InChI=1S/C11H15IO3/c1-6(2)10-8(11(13)14-4)5-9(15-10)7(3)12/h6,9H,3,5H2,1-2,4H3. The number of allylic oxidation sites excluding steroid dienone is 1. The number of esters is 1. The molecule has 4 heteroatoms. The zero-order chi connectivity index (χ0) is 11.6. The molecule has 15 heavy (non-hydrogen) atoms. The topological polar surface area (TPSA) is 35.5 Å². The van der Waals surface area contributed by atoms with Crippen LogP contribution in [0.4, 0.5) is 0 Å². The highest BCUT2D eigenvalue weighted by Gasteiger charge is 2.32. The molecule has 0 bridgehead atoms. The second-order valence-electron chi connectivity index (χ2n) is 3.75. The largest absolute Gasteiger partial charge is 0.488 e. The van der Waals surface area contributed by atoms with Gasteiger partial charge in [0.1, 0.15) is 11.9 Å². The van der Waals surface area contributed by atoms with E-state index in [2.05, 4.69) is 29.2 Å². The minimum atomic E-state index is -0.293. The van der Waals surface area contributed by atoms with Crippen molar-refractivity contribution in [3.8, 4) is 0 Å². The minimum Gasteiger partial charge on any atom is -0.488 e. The van der Waals surface area contributed by atoms with E-state index in [1.165, 1.54) is 7.11 Å². The zero-order valence-electron chi connectivity index (χ0n) is 9.17. The summed E-state index contributed by atoms with van der Waals surface area (Å²) in [5.41, 5.74) is 0.648. The van der Waals surface area contributed by atoms with Crippen molar-refractivity contribution in [1.82, 2.24) is 0 Å². The third-order valence-electron chi connectivity index (χ3n) is 2.26. The highest BCUT2D eigenvalue weighted by molar-refractivity contribution is 14.1. The quantitative estimate of drug-likeness (QED) is 0.592. The molecular weight excluding hydrogens is 307 g/mol. The van der Waals surface area contributed by atoms with Gasteiger partial charge in [-0.2, -0.15) is 0 Å². The van der Waals surface area contributed by atoms with E-state index in [0.29, 0.717) is 12.0 Å². The van der Waals surface area contributed by atoms with Crippen LogP contribution < -0.4 is 0 Å². The number of ether oxygens (including phenoxy) is 2. The molecule has 0 radical (unpaired) electrons.